The monoisotopic (exact) mass is 242 g/mol. The Balaban J connectivity index is 2.37. The Kier molecular flexibility index (Phi) is 3.57. The zero-order valence-corrected chi connectivity index (χ0v) is 9.91. The maximum atomic E-state index is 10.8. The molecule has 18 heavy (non-hydrogen) atoms. The van der Waals surface area contributed by atoms with Crippen LogP contribution in [0.1, 0.15) is 0 Å². The number of hydrogen-bond donors (Lipinski definition) is 1. The van der Waals surface area contributed by atoms with Gasteiger partial charge in [0.15, 0.2) is 0 Å². The van der Waals surface area contributed by atoms with Crippen molar-refractivity contribution in [3.63, 3.8) is 0 Å². The summed E-state index contributed by atoms with van der Waals surface area (Å²) >= 11 is 0. The van der Waals surface area contributed by atoms with Gasteiger partial charge in [0, 0.05) is 11.9 Å². The van der Waals surface area contributed by atoms with Crippen LogP contribution in [0.4, 0.5) is 5.82 Å². The van der Waals surface area contributed by atoms with E-state index in [0.717, 1.165) is 10.9 Å². The molecule has 1 heterocycles. The van der Waals surface area contributed by atoms with Crippen LogP contribution in [0.15, 0.2) is 49.1 Å². The zero-order valence-electron chi connectivity index (χ0n) is 9.91. The highest BCUT2D eigenvalue weighted by Gasteiger charge is 2.10. The summed E-state index contributed by atoms with van der Waals surface area (Å²) in [4.78, 5) is 16.9. The van der Waals surface area contributed by atoms with Crippen LogP contribution < -0.4 is 4.90 Å². The summed E-state index contributed by atoms with van der Waals surface area (Å²) < 4.78 is 0. The van der Waals surface area contributed by atoms with Gasteiger partial charge in [-0.1, -0.05) is 24.3 Å². The maximum Gasteiger partial charge on any atom is 0.323 e. The van der Waals surface area contributed by atoms with E-state index in [0.29, 0.717) is 12.4 Å². The summed E-state index contributed by atoms with van der Waals surface area (Å²) in [6, 6.07) is 11.5. The first-order valence-electron chi connectivity index (χ1n) is 5.64. The van der Waals surface area contributed by atoms with Crippen molar-refractivity contribution in [3.05, 3.63) is 49.1 Å². The second-order valence-electron chi connectivity index (χ2n) is 3.93. The molecule has 0 aliphatic heterocycles. The van der Waals surface area contributed by atoms with E-state index in [-0.39, 0.29) is 6.54 Å². The number of para-hydroxylation sites is 1. The Hall–Kier alpha value is -2.36. The molecule has 2 rings (SSSR count). The van der Waals surface area contributed by atoms with Gasteiger partial charge in [-0.15, -0.1) is 6.58 Å². The number of hydrogen-bond acceptors (Lipinski definition) is 3. The number of carboxylic acids is 1. The molecule has 0 atom stereocenters. The molecule has 0 radical (unpaired) electrons. The van der Waals surface area contributed by atoms with Gasteiger partial charge in [-0.3, -0.25) is 4.79 Å². The van der Waals surface area contributed by atoms with Crippen LogP contribution in [0.5, 0.6) is 0 Å². The number of fused-ring (bicyclic) bond motifs is 1. The summed E-state index contributed by atoms with van der Waals surface area (Å²) in [6.07, 6.45) is 1.67. The van der Waals surface area contributed by atoms with Crippen molar-refractivity contribution in [2.75, 3.05) is 18.0 Å². The van der Waals surface area contributed by atoms with Crippen molar-refractivity contribution in [1.82, 2.24) is 4.98 Å². The number of aliphatic carboxylic acids is 1. The van der Waals surface area contributed by atoms with Crippen molar-refractivity contribution in [2.24, 2.45) is 0 Å². The predicted octanol–water partition coefficient (Wildman–Crippen LogP) is 2.31. The smallest absolute Gasteiger partial charge is 0.323 e. The molecule has 0 saturated heterocycles. The van der Waals surface area contributed by atoms with Gasteiger partial charge in [-0.2, -0.15) is 0 Å². The molecule has 1 aromatic carbocycles. The van der Waals surface area contributed by atoms with Crippen LogP contribution in [-0.4, -0.2) is 29.1 Å². The van der Waals surface area contributed by atoms with E-state index in [2.05, 4.69) is 11.6 Å². The predicted molar refractivity (Wildman–Crippen MR) is 71.8 cm³/mol. The first-order valence-corrected chi connectivity index (χ1v) is 5.64. The molecule has 92 valence electrons. The Morgan fingerprint density at radius 2 is 2.11 bits per heavy atom. The summed E-state index contributed by atoms with van der Waals surface area (Å²) in [5, 5.41) is 9.92. The molecular formula is C14H14N2O2. The molecule has 0 saturated carbocycles. The molecule has 0 spiro atoms. The second-order valence-corrected chi connectivity index (χ2v) is 3.93. The number of rotatable bonds is 5. The van der Waals surface area contributed by atoms with Crippen LogP contribution in [-0.2, 0) is 4.79 Å². The molecule has 4 heteroatoms. The van der Waals surface area contributed by atoms with E-state index in [1.54, 1.807) is 11.0 Å². The fourth-order valence-electron chi connectivity index (χ4n) is 1.79. The van der Waals surface area contributed by atoms with Gasteiger partial charge in [-0.05, 0) is 18.2 Å². The standard InChI is InChI=1S/C14H14N2O2/c1-2-9-16(10-14(17)18)13-8-7-11-5-3-4-6-12(11)15-13/h2-8H,1,9-10H2,(H,17,18). The highest BCUT2D eigenvalue weighted by molar-refractivity contribution is 5.81. The van der Waals surface area contributed by atoms with E-state index in [9.17, 15) is 4.79 Å². The highest BCUT2D eigenvalue weighted by atomic mass is 16.4. The van der Waals surface area contributed by atoms with Gasteiger partial charge in [0.2, 0.25) is 0 Å². The van der Waals surface area contributed by atoms with Gasteiger partial charge >= 0.3 is 5.97 Å². The van der Waals surface area contributed by atoms with Crippen LogP contribution in [0.2, 0.25) is 0 Å². The summed E-state index contributed by atoms with van der Waals surface area (Å²) in [7, 11) is 0. The Morgan fingerprint density at radius 1 is 1.33 bits per heavy atom. The summed E-state index contributed by atoms with van der Waals surface area (Å²) in [5.74, 6) is -0.234. The lowest BCUT2D eigenvalue weighted by atomic mass is 10.2. The SMILES string of the molecule is C=CCN(CC(=O)O)c1ccc2ccccc2n1. The van der Waals surface area contributed by atoms with Crippen molar-refractivity contribution in [3.8, 4) is 0 Å². The van der Waals surface area contributed by atoms with E-state index in [1.165, 1.54) is 0 Å². The maximum absolute atomic E-state index is 10.8. The van der Waals surface area contributed by atoms with Crippen molar-refractivity contribution >= 4 is 22.7 Å². The number of nitrogens with zero attached hydrogens (tertiary/aromatic N) is 2. The van der Waals surface area contributed by atoms with Crippen molar-refractivity contribution < 1.29 is 9.90 Å². The molecule has 0 bridgehead atoms. The fourth-order valence-corrected chi connectivity index (χ4v) is 1.79. The van der Waals surface area contributed by atoms with E-state index in [1.807, 2.05) is 36.4 Å². The van der Waals surface area contributed by atoms with E-state index in [4.69, 9.17) is 5.11 Å². The number of benzene rings is 1. The molecular weight excluding hydrogens is 228 g/mol. The average molecular weight is 242 g/mol. The molecule has 0 aliphatic rings. The third kappa shape index (κ3) is 2.66. The van der Waals surface area contributed by atoms with Crippen molar-refractivity contribution in [2.45, 2.75) is 0 Å². The molecule has 0 fully saturated rings. The first-order chi connectivity index (χ1) is 8.70. The molecule has 1 N–H and O–H groups in total. The third-order valence-corrected chi connectivity index (χ3v) is 2.58. The number of carboxylic acid groups (broad SMARTS) is 1. The van der Waals surface area contributed by atoms with Crippen LogP contribution in [0, 0.1) is 0 Å². The number of pyridine rings is 1. The van der Waals surface area contributed by atoms with Gasteiger partial charge in [0.25, 0.3) is 0 Å². The Morgan fingerprint density at radius 3 is 2.83 bits per heavy atom. The Labute approximate surface area is 105 Å². The Bertz CT molecular complexity index is 581. The summed E-state index contributed by atoms with van der Waals surface area (Å²) in [5.41, 5.74) is 0.856. The second kappa shape index (κ2) is 5.31. The van der Waals surface area contributed by atoms with E-state index < -0.39 is 5.97 Å². The number of aromatic nitrogens is 1. The van der Waals surface area contributed by atoms with Gasteiger partial charge in [-0.25, -0.2) is 4.98 Å². The quantitative estimate of drug-likeness (QED) is 0.817. The lowest BCUT2D eigenvalue weighted by Crippen LogP contribution is -2.30. The zero-order chi connectivity index (χ0) is 13.0. The molecule has 2 aromatic rings. The van der Waals surface area contributed by atoms with Crippen LogP contribution in [0.25, 0.3) is 10.9 Å². The molecule has 0 unspecified atom stereocenters. The topological polar surface area (TPSA) is 53.4 Å². The molecule has 1 aromatic heterocycles. The normalized spacial score (nSPS) is 10.2. The fraction of sp³-hybridized carbons (Fsp3) is 0.143. The largest absolute Gasteiger partial charge is 0.480 e. The first kappa shape index (κ1) is 12.1. The van der Waals surface area contributed by atoms with Crippen LogP contribution in [0.3, 0.4) is 0 Å². The minimum absolute atomic E-state index is 0.0860. The lowest BCUT2D eigenvalue weighted by molar-refractivity contribution is -0.135. The average Bonchev–Trinajstić information content (AvgIpc) is 2.37. The van der Waals surface area contributed by atoms with Crippen molar-refractivity contribution in [1.29, 1.82) is 0 Å². The minimum Gasteiger partial charge on any atom is -0.480 e. The summed E-state index contributed by atoms with van der Waals surface area (Å²) in [6.45, 7) is 4.00. The molecule has 0 amide bonds. The van der Waals surface area contributed by atoms with Gasteiger partial charge in [0.05, 0.1) is 5.52 Å². The molecule has 0 aliphatic carbocycles. The number of carbonyl (C=O) groups is 1. The van der Waals surface area contributed by atoms with E-state index >= 15 is 0 Å². The lowest BCUT2D eigenvalue weighted by Gasteiger charge is -2.20. The minimum atomic E-state index is -0.883. The number of anilines is 1. The van der Waals surface area contributed by atoms with Crippen LogP contribution >= 0.6 is 0 Å². The van der Waals surface area contributed by atoms with Gasteiger partial charge in [0.1, 0.15) is 12.4 Å². The third-order valence-electron chi connectivity index (χ3n) is 2.58. The molecule has 4 nitrogen and oxygen atoms in total. The van der Waals surface area contributed by atoms with Gasteiger partial charge < -0.3 is 10.0 Å². The highest BCUT2D eigenvalue weighted by Crippen LogP contribution is 2.17.